The van der Waals surface area contributed by atoms with E-state index in [4.69, 9.17) is 0 Å². The first-order valence-corrected chi connectivity index (χ1v) is 11.1. The third kappa shape index (κ3) is 3.60. The van der Waals surface area contributed by atoms with Crippen molar-refractivity contribution in [3.05, 3.63) is 29.7 Å². The molecule has 2 N–H and O–H groups in total. The van der Waals surface area contributed by atoms with Crippen molar-refractivity contribution in [1.29, 1.82) is 0 Å². The third-order valence-electron chi connectivity index (χ3n) is 7.40. The molecule has 4 rings (SSSR count). The Labute approximate surface area is 168 Å². The van der Waals surface area contributed by atoms with Crippen LogP contribution in [-0.2, 0) is 13.2 Å². The van der Waals surface area contributed by atoms with Crippen LogP contribution in [0.5, 0.6) is 0 Å². The maximum atomic E-state index is 10.0. The zero-order chi connectivity index (χ0) is 19.7. The number of hydrogen-bond donors (Lipinski definition) is 2. The minimum atomic E-state index is -0.0403. The average molecular weight is 386 g/mol. The number of aromatic nitrogens is 2. The molecule has 0 atom stereocenters. The highest BCUT2D eigenvalue weighted by Crippen LogP contribution is 2.37. The van der Waals surface area contributed by atoms with Crippen molar-refractivity contribution in [2.75, 3.05) is 13.1 Å². The number of fused-ring (bicyclic) bond motifs is 1. The number of likely N-dealkylation sites (tertiary alicyclic amines) is 1. The van der Waals surface area contributed by atoms with Crippen molar-refractivity contribution in [3.8, 4) is 0 Å². The number of rotatable bonds is 5. The van der Waals surface area contributed by atoms with Gasteiger partial charge < -0.3 is 19.7 Å². The highest BCUT2D eigenvalue weighted by Gasteiger charge is 2.31. The van der Waals surface area contributed by atoms with Crippen molar-refractivity contribution >= 4 is 10.9 Å². The topological polar surface area (TPSA) is 61.5 Å². The number of nitrogens with zero attached hydrogens (tertiary/aromatic N) is 3. The lowest BCUT2D eigenvalue weighted by Crippen LogP contribution is -2.44. The molecule has 5 heteroatoms. The lowest BCUT2D eigenvalue weighted by atomic mass is 9.79. The van der Waals surface area contributed by atoms with Crippen LogP contribution in [0.2, 0.25) is 0 Å². The van der Waals surface area contributed by atoms with Crippen molar-refractivity contribution in [2.24, 2.45) is 11.8 Å². The minimum Gasteiger partial charge on any atom is -0.392 e. The first-order valence-electron chi connectivity index (χ1n) is 11.1. The highest BCUT2D eigenvalue weighted by atomic mass is 16.3. The fourth-order valence-electron chi connectivity index (χ4n) is 5.69. The highest BCUT2D eigenvalue weighted by molar-refractivity contribution is 5.84. The summed E-state index contributed by atoms with van der Waals surface area (Å²) in [5.74, 6) is 1.73. The summed E-state index contributed by atoms with van der Waals surface area (Å²) in [6.45, 7) is 6.91. The quantitative estimate of drug-likeness (QED) is 0.820. The summed E-state index contributed by atoms with van der Waals surface area (Å²) in [4.78, 5) is 7.02. The Morgan fingerprint density at radius 2 is 1.71 bits per heavy atom. The summed E-state index contributed by atoms with van der Waals surface area (Å²) in [5.41, 5.74) is 2.77. The molecule has 0 spiro atoms. The van der Waals surface area contributed by atoms with E-state index < -0.39 is 0 Å². The van der Waals surface area contributed by atoms with Crippen molar-refractivity contribution in [3.63, 3.8) is 0 Å². The predicted octanol–water partition coefficient (Wildman–Crippen LogP) is 3.87. The predicted molar refractivity (Wildman–Crippen MR) is 112 cm³/mol. The van der Waals surface area contributed by atoms with Gasteiger partial charge in [-0.25, -0.2) is 0 Å². The standard InChI is InChI=1S/C23H35N3O2/c1-16(2)17-3-5-18(6-4-17)25-11-8-19(9-12-25)26-22-13-24-10-7-20(22)21(14-27)23(26)15-28/h7,10,13,16-19,27-28H,3-6,8-9,11-12,14-15H2,1-2H3. The second-order valence-electron chi connectivity index (χ2n) is 9.08. The van der Waals surface area contributed by atoms with E-state index in [9.17, 15) is 10.2 Å². The van der Waals surface area contributed by atoms with E-state index in [0.717, 1.165) is 66.0 Å². The van der Waals surface area contributed by atoms with Crippen LogP contribution in [0.1, 0.15) is 69.7 Å². The van der Waals surface area contributed by atoms with Gasteiger partial charge in [0.15, 0.2) is 0 Å². The van der Waals surface area contributed by atoms with Crippen LogP contribution in [0, 0.1) is 11.8 Å². The van der Waals surface area contributed by atoms with Crippen molar-refractivity contribution < 1.29 is 10.2 Å². The summed E-state index contributed by atoms with van der Waals surface area (Å²) in [6, 6.07) is 3.08. The molecule has 1 aliphatic heterocycles. The molecule has 0 bridgehead atoms. The van der Waals surface area contributed by atoms with Gasteiger partial charge in [0.2, 0.25) is 0 Å². The van der Waals surface area contributed by atoms with Crippen LogP contribution in [0.25, 0.3) is 10.9 Å². The van der Waals surface area contributed by atoms with Crippen LogP contribution in [0.4, 0.5) is 0 Å². The summed E-state index contributed by atoms with van der Waals surface area (Å²) >= 11 is 0. The molecule has 1 aliphatic carbocycles. The molecule has 0 amide bonds. The fourth-order valence-corrected chi connectivity index (χ4v) is 5.69. The molecule has 2 aromatic heterocycles. The smallest absolute Gasteiger partial charge is 0.0837 e. The Balaban J connectivity index is 1.47. The number of piperidine rings is 1. The van der Waals surface area contributed by atoms with Gasteiger partial charge in [-0.2, -0.15) is 0 Å². The van der Waals surface area contributed by atoms with Gasteiger partial charge in [-0.15, -0.1) is 0 Å². The summed E-state index contributed by atoms with van der Waals surface area (Å²) in [5, 5.41) is 20.9. The van der Waals surface area contributed by atoms with Crippen LogP contribution < -0.4 is 0 Å². The zero-order valence-electron chi connectivity index (χ0n) is 17.3. The first-order chi connectivity index (χ1) is 13.6. The molecule has 2 fully saturated rings. The molecule has 0 radical (unpaired) electrons. The molecule has 5 nitrogen and oxygen atoms in total. The minimum absolute atomic E-state index is 0.0377. The average Bonchev–Trinajstić information content (AvgIpc) is 3.07. The number of hydrogen-bond acceptors (Lipinski definition) is 4. The SMILES string of the molecule is CC(C)C1CCC(N2CCC(n3c(CO)c(CO)c4ccncc43)CC2)CC1. The van der Waals surface area contributed by atoms with E-state index in [1.807, 2.05) is 12.3 Å². The molecule has 0 aromatic carbocycles. The Morgan fingerprint density at radius 3 is 2.32 bits per heavy atom. The summed E-state index contributed by atoms with van der Waals surface area (Å²) in [6.07, 6.45) is 11.3. The molecule has 2 aliphatic rings. The second-order valence-corrected chi connectivity index (χ2v) is 9.08. The fraction of sp³-hybridized carbons (Fsp3) is 0.696. The van der Waals surface area contributed by atoms with Gasteiger partial charge in [-0.3, -0.25) is 4.98 Å². The second kappa shape index (κ2) is 8.52. The van der Waals surface area contributed by atoms with Crippen molar-refractivity contribution in [2.45, 2.75) is 77.7 Å². The monoisotopic (exact) mass is 385 g/mol. The summed E-state index contributed by atoms with van der Waals surface area (Å²) < 4.78 is 2.26. The molecular formula is C23H35N3O2. The van der Waals surface area contributed by atoms with Crippen LogP contribution >= 0.6 is 0 Å². The lowest BCUT2D eigenvalue weighted by Gasteiger charge is -2.42. The molecule has 28 heavy (non-hydrogen) atoms. The third-order valence-corrected chi connectivity index (χ3v) is 7.40. The molecule has 2 aromatic rings. The van der Waals surface area contributed by atoms with Crippen LogP contribution in [-0.4, -0.2) is 43.8 Å². The number of aliphatic hydroxyl groups excluding tert-OH is 2. The van der Waals surface area contributed by atoms with Crippen LogP contribution in [0.3, 0.4) is 0 Å². The van der Waals surface area contributed by atoms with Gasteiger partial charge in [0.25, 0.3) is 0 Å². The first kappa shape index (κ1) is 19.9. The molecule has 3 heterocycles. The van der Waals surface area contributed by atoms with E-state index >= 15 is 0 Å². The number of pyridine rings is 1. The molecule has 1 saturated heterocycles. The van der Waals surface area contributed by atoms with Gasteiger partial charge in [-0.1, -0.05) is 13.8 Å². The lowest BCUT2D eigenvalue weighted by molar-refractivity contribution is 0.0880. The molecule has 0 unspecified atom stereocenters. The number of aliphatic hydroxyl groups is 2. The van der Waals surface area contributed by atoms with Gasteiger partial charge >= 0.3 is 0 Å². The van der Waals surface area contributed by atoms with E-state index in [0.29, 0.717) is 6.04 Å². The van der Waals surface area contributed by atoms with E-state index in [-0.39, 0.29) is 13.2 Å². The Hall–Kier alpha value is -1.43. The van der Waals surface area contributed by atoms with Gasteiger partial charge in [-0.05, 0) is 56.4 Å². The molecular weight excluding hydrogens is 350 g/mol. The largest absolute Gasteiger partial charge is 0.392 e. The van der Waals surface area contributed by atoms with Gasteiger partial charge in [0.1, 0.15) is 0 Å². The maximum Gasteiger partial charge on any atom is 0.0837 e. The van der Waals surface area contributed by atoms with E-state index in [1.165, 1.54) is 25.7 Å². The zero-order valence-corrected chi connectivity index (χ0v) is 17.3. The molecule has 1 saturated carbocycles. The van der Waals surface area contributed by atoms with Crippen molar-refractivity contribution in [1.82, 2.24) is 14.5 Å². The van der Waals surface area contributed by atoms with Gasteiger partial charge in [0, 0.05) is 42.3 Å². The van der Waals surface area contributed by atoms with Crippen LogP contribution in [0.15, 0.2) is 18.5 Å². The Morgan fingerprint density at radius 1 is 1.00 bits per heavy atom. The Bertz CT molecular complexity index is 784. The maximum absolute atomic E-state index is 10.0. The van der Waals surface area contributed by atoms with E-state index in [1.54, 1.807) is 6.20 Å². The normalized spacial score (nSPS) is 25.0. The van der Waals surface area contributed by atoms with E-state index in [2.05, 4.69) is 28.3 Å². The molecule has 154 valence electrons. The summed E-state index contributed by atoms with van der Waals surface area (Å²) in [7, 11) is 0. The Kier molecular flexibility index (Phi) is 6.04. The van der Waals surface area contributed by atoms with Gasteiger partial charge in [0.05, 0.1) is 30.6 Å².